The molecule has 0 aliphatic carbocycles. The monoisotopic (exact) mass is 273 g/mol. The van der Waals surface area contributed by atoms with E-state index in [1.807, 2.05) is 25.1 Å². The van der Waals surface area contributed by atoms with Gasteiger partial charge in [-0.25, -0.2) is 8.42 Å². The summed E-state index contributed by atoms with van der Waals surface area (Å²) in [6.45, 7) is 2.62. The number of hydrogen-bond donors (Lipinski definition) is 1. The van der Waals surface area contributed by atoms with E-state index < -0.39 is 9.84 Å². The highest BCUT2D eigenvalue weighted by Gasteiger charge is 2.27. The van der Waals surface area contributed by atoms with E-state index in [0.717, 1.165) is 16.1 Å². The van der Waals surface area contributed by atoms with Crippen molar-refractivity contribution >= 4 is 21.4 Å². The predicted molar refractivity (Wildman–Crippen MR) is 70.1 cm³/mol. The van der Waals surface area contributed by atoms with Crippen molar-refractivity contribution in [3.63, 3.8) is 0 Å². The average Bonchev–Trinajstić information content (AvgIpc) is 2.57. The highest BCUT2D eigenvalue weighted by Crippen LogP contribution is 2.18. The van der Waals surface area contributed by atoms with Crippen molar-refractivity contribution in [2.75, 3.05) is 11.5 Å². The van der Waals surface area contributed by atoms with E-state index in [2.05, 4.69) is 5.32 Å². The van der Waals surface area contributed by atoms with Crippen LogP contribution in [0.2, 0.25) is 5.02 Å². The van der Waals surface area contributed by atoms with Crippen LogP contribution in [0.15, 0.2) is 18.2 Å². The Hall–Kier alpha value is -0.580. The minimum Gasteiger partial charge on any atom is -0.309 e. The van der Waals surface area contributed by atoms with Gasteiger partial charge in [-0.05, 0) is 30.5 Å². The summed E-state index contributed by atoms with van der Waals surface area (Å²) in [5.41, 5.74) is 2.14. The molecule has 0 radical (unpaired) electrons. The molecule has 5 heteroatoms. The van der Waals surface area contributed by atoms with Gasteiger partial charge < -0.3 is 5.32 Å². The summed E-state index contributed by atoms with van der Waals surface area (Å²) in [6, 6.07) is 5.98. The molecule has 1 saturated heterocycles. The van der Waals surface area contributed by atoms with Gasteiger partial charge in [-0.1, -0.05) is 23.7 Å². The molecule has 1 aliphatic rings. The number of halogens is 1. The van der Waals surface area contributed by atoms with Crippen LogP contribution in [-0.2, 0) is 16.4 Å². The zero-order chi connectivity index (χ0) is 12.5. The Morgan fingerprint density at radius 1 is 1.47 bits per heavy atom. The smallest absolute Gasteiger partial charge is 0.151 e. The molecule has 2 rings (SSSR count). The van der Waals surface area contributed by atoms with Crippen LogP contribution in [0.4, 0.5) is 0 Å². The molecule has 0 aromatic heterocycles. The molecule has 1 unspecified atom stereocenters. The Morgan fingerprint density at radius 3 is 2.82 bits per heavy atom. The second kappa shape index (κ2) is 4.96. The molecule has 3 nitrogen and oxygen atoms in total. The normalized spacial score (nSPS) is 22.8. The maximum Gasteiger partial charge on any atom is 0.151 e. The van der Waals surface area contributed by atoms with Crippen LogP contribution < -0.4 is 5.32 Å². The highest BCUT2D eigenvalue weighted by atomic mass is 35.5. The number of sulfone groups is 1. The Labute approximate surface area is 107 Å². The van der Waals surface area contributed by atoms with E-state index in [1.54, 1.807) is 0 Å². The molecule has 1 aliphatic heterocycles. The van der Waals surface area contributed by atoms with E-state index in [9.17, 15) is 8.42 Å². The first-order valence-corrected chi connectivity index (χ1v) is 7.85. The minimum atomic E-state index is -2.81. The third kappa shape index (κ3) is 3.44. The molecule has 1 N–H and O–H groups in total. The van der Waals surface area contributed by atoms with Crippen LogP contribution in [0, 0.1) is 6.92 Å². The van der Waals surface area contributed by atoms with Gasteiger partial charge in [-0.15, -0.1) is 0 Å². The molecule has 1 atom stereocenters. The standard InChI is InChI=1S/C12H16ClNO2S/c1-9-2-3-10(12(13)6-9)7-14-11-4-5-17(15,16)8-11/h2-3,6,11,14H,4-5,7-8H2,1H3. The lowest BCUT2D eigenvalue weighted by molar-refractivity contribution is 0.554. The quantitative estimate of drug-likeness (QED) is 0.915. The highest BCUT2D eigenvalue weighted by molar-refractivity contribution is 7.91. The summed E-state index contributed by atoms with van der Waals surface area (Å²) in [6.07, 6.45) is 0.700. The number of benzene rings is 1. The molecular formula is C12H16ClNO2S. The zero-order valence-corrected chi connectivity index (χ0v) is 11.3. The van der Waals surface area contributed by atoms with Gasteiger partial charge in [-0.3, -0.25) is 0 Å². The first-order valence-electron chi connectivity index (χ1n) is 5.65. The van der Waals surface area contributed by atoms with Gasteiger partial charge in [0.15, 0.2) is 9.84 Å². The number of rotatable bonds is 3. The maximum absolute atomic E-state index is 11.3. The Bertz CT molecular complexity index is 513. The van der Waals surface area contributed by atoms with Gasteiger partial charge in [0.2, 0.25) is 0 Å². The fourth-order valence-corrected chi connectivity index (χ4v) is 4.02. The Morgan fingerprint density at radius 2 is 2.24 bits per heavy atom. The average molecular weight is 274 g/mol. The molecule has 1 fully saturated rings. The van der Waals surface area contributed by atoms with Crippen LogP contribution in [-0.4, -0.2) is 26.0 Å². The van der Waals surface area contributed by atoms with Crippen LogP contribution in [0.25, 0.3) is 0 Å². The third-order valence-electron chi connectivity index (χ3n) is 3.02. The summed E-state index contributed by atoms with van der Waals surface area (Å²) < 4.78 is 22.6. The summed E-state index contributed by atoms with van der Waals surface area (Å²) in [7, 11) is -2.81. The first-order chi connectivity index (χ1) is 7.96. The lowest BCUT2D eigenvalue weighted by atomic mass is 10.1. The second-order valence-electron chi connectivity index (χ2n) is 4.58. The van der Waals surface area contributed by atoms with Crippen LogP contribution in [0.1, 0.15) is 17.5 Å². The molecule has 0 bridgehead atoms. The van der Waals surface area contributed by atoms with Crippen molar-refractivity contribution in [2.24, 2.45) is 0 Å². The molecule has 1 aromatic rings. The topological polar surface area (TPSA) is 46.2 Å². The molecule has 0 amide bonds. The molecular weight excluding hydrogens is 258 g/mol. The van der Waals surface area contributed by atoms with E-state index in [-0.39, 0.29) is 11.8 Å². The van der Waals surface area contributed by atoms with Crippen molar-refractivity contribution < 1.29 is 8.42 Å². The summed E-state index contributed by atoms with van der Waals surface area (Å²) in [5, 5.41) is 3.98. The summed E-state index contributed by atoms with van der Waals surface area (Å²) >= 11 is 6.11. The molecule has 0 saturated carbocycles. The van der Waals surface area contributed by atoms with Crippen LogP contribution >= 0.6 is 11.6 Å². The lowest BCUT2D eigenvalue weighted by Gasteiger charge is -2.11. The van der Waals surface area contributed by atoms with E-state index in [1.165, 1.54) is 0 Å². The van der Waals surface area contributed by atoms with Crippen LogP contribution in [0.5, 0.6) is 0 Å². The molecule has 17 heavy (non-hydrogen) atoms. The Kier molecular flexibility index (Phi) is 3.76. The van der Waals surface area contributed by atoms with E-state index in [0.29, 0.717) is 18.7 Å². The fraction of sp³-hybridized carbons (Fsp3) is 0.500. The van der Waals surface area contributed by atoms with Crippen molar-refractivity contribution in [1.29, 1.82) is 0 Å². The number of hydrogen-bond acceptors (Lipinski definition) is 3. The number of nitrogens with one attached hydrogen (secondary N) is 1. The van der Waals surface area contributed by atoms with Crippen LogP contribution in [0.3, 0.4) is 0 Å². The third-order valence-corrected chi connectivity index (χ3v) is 5.14. The van der Waals surface area contributed by atoms with Gasteiger partial charge in [-0.2, -0.15) is 0 Å². The summed E-state index contributed by atoms with van der Waals surface area (Å²) in [4.78, 5) is 0. The largest absolute Gasteiger partial charge is 0.309 e. The SMILES string of the molecule is Cc1ccc(CNC2CCS(=O)(=O)C2)c(Cl)c1. The molecule has 1 aromatic carbocycles. The van der Waals surface area contributed by atoms with E-state index in [4.69, 9.17) is 11.6 Å². The molecule has 0 spiro atoms. The van der Waals surface area contributed by atoms with Crippen molar-refractivity contribution in [2.45, 2.75) is 25.9 Å². The van der Waals surface area contributed by atoms with Gasteiger partial charge in [0.1, 0.15) is 0 Å². The zero-order valence-electron chi connectivity index (χ0n) is 9.74. The van der Waals surface area contributed by atoms with Gasteiger partial charge in [0.05, 0.1) is 11.5 Å². The maximum atomic E-state index is 11.3. The van der Waals surface area contributed by atoms with Crippen molar-refractivity contribution in [1.82, 2.24) is 5.32 Å². The Balaban J connectivity index is 1.95. The number of aryl methyl sites for hydroxylation is 1. The van der Waals surface area contributed by atoms with Gasteiger partial charge >= 0.3 is 0 Å². The van der Waals surface area contributed by atoms with Gasteiger partial charge in [0, 0.05) is 17.6 Å². The fourth-order valence-electron chi connectivity index (χ4n) is 2.01. The molecule has 94 valence electrons. The van der Waals surface area contributed by atoms with Crippen molar-refractivity contribution in [3.8, 4) is 0 Å². The van der Waals surface area contributed by atoms with E-state index >= 15 is 0 Å². The van der Waals surface area contributed by atoms with Gasteiger partial charge in [0.25, 0.3) is 0 Å². The predicted octanol–water partition coefficient (Wildman–Crippen LogP) is 1.93. The second-order valence-corrected chi connectivity index (χ2v) is 7.21. The molecule has 1 heterocycles. The lowest BCUT2D eigenvalue weighted by Crippen LogP contribution is -2.29. The summed E-state index contributed by atoms with van der Waals surface area (Å²) in [5.74, 6) is 0.544. The van der Waals surface area contributed by atoms with Crippen molar-refractivity contribution in [3.05, 3.63) is 34.3 Å². The first kappa shape index (κ1) is 12.9. The minimum absolute atomic E-state index is 0.0670.